The van der Waals surface area contributed by atoms with E-state index >= 15 is 0 Å². The van der Waals surface area contributed by atoms with E-state index in [4.69, 9.17) is 0 Å². The van der Waals surface area contributed by atoms with Gasteiger partial charge in [-0.15, -0.1) is 0 Å². The van der Waals surface area contributed by atoms with Crippen LogP contribution in [0.4, 0.5) is 0 Å². The smallest absolute Gasteiger partial charge is 0.0414 e. The summed E-state index contributed by atoms with van der Waals surface area (Å²) in [6, 6.07) is 53.4. The molecule has 0 saturated heterocycles. The van der Waals surface area contributed by atoms with Gasteiger partial charge in [0.2, 0.25) is 0 Å². The van der Waals surface area contributed by atoms with Gasteiger partial charge in [0.1, 0.15) is 0 Å². The molecule has 6 rings (SSSR count). The summed E-state index contributed by atoms with van der Waals surface area (Å²) in [7, 11) is -1.90. The predicted octanol–water partition coefficient (Wildman–Crippen LogP) is 9.15. The normalized spacial score (nSPS) is 11.6. The van der Waals surface area contributed by atoms with Crippen molar-refractivity contribution in [3.05, 3.63) is 157 Å². The van der Waals surface area contributed by atoms with Crippen molar-refractivity contribution < 1.29 is 0 Å². The number of fused-ring (bicyclic) bond motifs is 1. The Hall–Kier alpha value is -4.44. The molecular weight excluding hydrogens is 614 g/mol. The maximum Gasteiger partial charge on any atom is 0.0414 e. The Morgan fingerprint density at radius 2 is 0.854 bits per heavy atom. The second kappa shape index (κ2) is 14.4. The van der Waals surface area contributed by atoms with E-state index in [0.29, 0.717) is 0 Å². The van der Waals surface area contributed by atoms with Gasteiger partial charge in [0.25, 0.3) is 0 Å². The highest BCUT2D eigenvalue weighted by atomic mass is 31.1. The van der Waals surface area contributed by atoms with Crippen molar-refractivity contribution in [3.8, 4) is 23.7 Å². The van der Waals surface area contributed by atoms with Crippen LogP contribution in [0.2, 0.25) is 0 Å². The van der Waals surface area contributed by atoms with Crippen LogP contribution in [-0.4, -0.2) is 0 Å². The molecule has 236 valence electrons. The first-order valence-electron chi connectivity index (χ1n) is 16.5. The van der Waals surface area contributed by atoms with E-state index in [1.54, 1.807) is 0 Å². The molecule has 0 saturated carbocycles. The summed E-state index contributed by atoms with van der Waals surface area (Å²) in [6.45, 7) is 13.1. The monoisotopic (exact) mass is 656 g/mol. The van der Waals surface area contributed by atoms with Crippen LogP contribution in [0, 0.1) is 34.5 Å². The molecule has 0 nitrogen and oxygen atoms in total. The molecule has 2 heteroatoms. The van der Waals surface area contributed by atoms with E-state index in [9.17, 15) is 0 Å². The third kappa shape index (κ3) is 7.98. The van der Waals surface area contributed by atoms with Crippen molar-refractivity contribution in [3.63, 3.8) is 0 Å². The summed E-state index contributed by atoms with van der Waals surface area (Å²) in [4.78, 5) is 0. The maximum atomic E-state index is 3.84. The molecule has 6 aromatic rings. The van der Waals surface area contributed by atoms with Gasteiger partial charge in [-0.25, -0.2) is 0 Å². The average Bonchev–Trinajstić information content (AvgIpc) is 3.08. The summed E-state index contributed by atoms with van der Waals surface area (Å²) in [5, 5.41) is 10.4. The zero-order valence-corrected chi connectivity index (χ0v) is 30.5. The minimum atomic E-state index is -0.980. The van der Waals surface area contributed by atoms with Crippen molar-refractivity contribution in [2.45, 2.75) is 41.5 Å². The Labute approximate surface area is 290 Å². The minimum Gasteiger partial charge on any atom is -0.0920 e. The molecule has 0 aliphatic rings. The molecule has 0 amide bonds. The van der Waals surface area contributed by atoms with Crippen LogP contribution in [0.25, 0.3) is 10.8 Å². The van der Waals surface area contributed by atoms with Gasteiger partial charge in [-0.1, -0.05) is 151 Å². The first-order chi connectivity index (χ1) is 23.1. The Kier molecular flexibility index (Phi) is 10.0. The van der Waals surface area contributed by atoms with E-state index < -0.39 is 15.8 Å². The van der Waals surface area contributed by atoms with Gasteiger partial charge >= 0.3 is 0 Å². The molecule has 6 aromatic carbocycles. The average molecular weight is 657 g/mol. The lowest BCUT2D eigenvalue weighted by atomic mass is 9.95. The first-order valence-corrected chi connectivity index (χ1v) is 19.2. The van der Waals surface area contributed by atoms with Crippen LogP contribution >= 0.6 is 15.8 Å². The quantitative estimate of drug-likeness (QED) is 0.124. The van der Waals surface area contributed by atoms with Crippen molar-refractivity contribution >= 4 is 58.4 Å². The fourth-order valence-corrected chi connectivity index (χ4v) is 11.1. The van der Waals surface area contributed by atoms with Gasteiger partial charge in [-0.2, -0.15) is 0 Å². The van der Waals surface area contributed by atoms with Crippen LogP contribution in [-0.2, 0) is 0 Å². The lowest BCUT2D eigenvalue weighted by molar-refractivity contribution is 0.570. The lowest BCUT2D eigenvalue weighted by Crippen LogP contribution is -2.36. The molecule has 0 spiro atoms. The van der Waals surface area contributed by atoms with E-state index in [2.05, 4.69) is 211 Å². The zero-order valence-electron chi connectivity index (χ0n) is 28.8. The summed E-state index contributed by atoms with van der Waals surface area (Å²) in [6.07, 6.45) is 0. The fraction of sp³-hybridized carbons (Fsp3) is 0.174. The highest BCUT2D eigenvalue weighted by Crippen LogP contribution is 2.42. The first kappa shape index (κ1) is 33.5. The second-order valence-corrected chi connectivity index (χ2v) is 18.4. The van der Waals surface area contributed by atoms with E-state index in [1.165, 1.54) is 42.6 Å². The Morgan fingerprint density at radius 3 is 1.29 bits per heavy atom. The van der Waals surface area contributed by atoms with Crippen molar-refractivity contribution in [1.82, 2.24) is 0 Å². The third-order valence-electron chi connectivity index (χ3n) is 7.76. The summed E-state index contributed by atoms with van der Waals surface area (Å²) in [5.74, 6) is 14.5. The molecule has 0 N–H and O–H groups in total. The van der Waals surface area contributed by atoms with E-state index in [0.717, 1.165) is 11.1 Å². The SMILES string of the molecule is CC(C)(C)C#Cc1ccc2cc(P(c3ccccc3)c3ccccc3)c(P(c3ccccc3)c3ccccc3)c(C#CC(C)(C)C)c2c1. The Bertz CT molecular complexity index is 2050. The van der Waals surface area contributed by atoms with Crippen LogP contribution in [0.3, 0.4) is 0 Å². The van der Waals surface area contributed by atoms with Crippen LogP contribution in [0.1, 0.15) is 52.7 Å². The molecule has 0 aromatic heterocycles. The summed E-state index contributed by atoms with van der Waals surface area (Å²) < 4.78 is 0. The molecule has 0 heterocycles. The molecule has 0 atom stereocenters. The Morgan fingerprint density at radius 1 is 0.438 bits per heavy atom. The molecule has 0 unspecified atom stereocenters. The molecular formula is C46H42P2. The summed E-state index contributed by atoms with van der Waals surface area (Å²) >= 11 is 0. The summed E-state index contributed by atoms with van der Waals surface area (Å²) in [5.41, 5.74) is 1.88. The second-order valence-electron chi connectivity index (χ2n) is 14.1. The van der Waals surface area contributed by atoms with Gasteiger partial charge in [0, 0.05) is 27.3 Å². The fourth-order valence-electron chi connectivity index (χ4n) is 5.62. The molecule has 0 aliphatic carbocycles. The van der Waals surface area contributed by atoms with Gasteiger partial charge in [-0.05, 0) is 113 Å². The standard InChI is InChI=1S/C46H42P2/c1-45(2,3)31-29-35-27-28-36-34-43(47(37-19-11-7-12-20-37)38-21-13-8-14-22-38)44(41(42(36)33-35)30-32-46(4,5)6)48(39-23-15-9-16-24-39)40-25-17-10-18-26-40/h7-28,33-34H,1-6H3. The number of hydrogen-bond acceptors (Lipinski definition) is 0. The molecule has 48 heavy (non-hydrogen) atoms. The van der Waals surface area contributed by atoms with Gasteiger partial charge < -0.3 is 0 Å². The third-order valence-corrected chi connectivity index (χ3v) is 12.9. The van der Waals surface area contributed by atoms with Gasteiger partial charge in [0.15, 0.2) is 0 Å². The van der Waals surface area contributed by atoms with Crippen molar-refractivity contribution in [2.75, 3.05) is 0 Å². The molecule has 0 fully saturated rings. The highest BCUT2D eigenvalue weighted by molar-refractivity contribution is 7.85. The number of hydrogen-bond donors (Lipinski definition) is 0. The molecule has 0 aliphatic heterocycles. The number of benzene rings is 6. The number of rotatable bonds is 6. The van der Waals surface area contributed by atoms with Crippen molar-refractivity contribution in [2.24, 2.45) is 10.8 Å². The van der Waals surface area contributed by atoms with E-state index in [-0.39, 0.29) is 10.8 Å². The van der Waals surface area contributed by atoms with Gasteiger partial charge in [0.05, 0.1) is 0 Å². The molecule has 0 radical (unpaired) electrons. The highest BCUT2D eigenvalue weighted by Gasteiger charge is 2.29. The predicted molar refractivity (Wildman–Crippen MR) is 214 cm³/mol. The van der Waals surface area contributed by atoms with Crippen LogP contribution in [0.15, 0.2) is 146 Å². The van der Waals surface area contributed by atoms with Crippen LogP contribution in [0.5, 0.6) is 0 Å². The van der Waals surface area contributed by atoms with Crippen molar-refractivity contribution in [1.29, 1.82) is 0 Å². The van der Waals surface area contributed by atoms with Crippen LogP contribution < -0.4 is 31.8 Å². The topological polar surface area (TPSA) is 0 Å². The zero-order chi connectivity index (χ0) is 33.7. The largest absolute Gasteiger partial charge is 0.0920 e. The Balaban J connectivity index is 1.81. The lowest BCUT2D eigenvalue weighted by Gasteiger charge is -2.29. The van der Waals surface area contributed by atoms with E-state index in [1.807, 2.05) is 0 Å². The van der Waals surface area contributed by atoms with Gasteiger partial charge in [-0.3, -0.25) is 0 Å². The maximum absolute atomic E-state index is 3.84. The minimum absolute atomic E-state index is 0.0883. The molecule has 0 bridgehead atoms.